The van der Waals surface area contributed by atoms with Gasteiger partial charge in [-0.1, -0.05) is 0 Å². The summed E-state index contributed by atoms with van der Waals surface area (Å²) in [6.07, 6.45) is 3.82. The fourth-order valence-electron chi connectivity index (χ4n) is 2.19. The van der Waals surface area contributed by atoms with Crippen LogP contribution in [-0.4, -0.2) is 31.0 Å². The van der Waals surface area contributed by atoms with Gasteiger partial charge in [0.15, 0.2) is 5.65 Å². The third kappa shape index (κ3) is 1.95. The SMILES string of the molecule is Nc1nc2cnc(Cl)nc2n1C1CCSCC1. The molecule has 7 heteroatoms. The number of halogens is 1. The second-order valence-corrected chi connectivity index (χ2v) is 5.59. The molecule has 0 aliphatic carbocycles. The molecule has 0 aromatic carbocycles. The number of fused-ring (bicyclic) bond motifs is 1. The van der Waals surface area contributed by atoms with Gasteiger partial charge in [-0.05, 0) is 35.9 Å². The van der Waals surface area contributed by atoms with Crippen LogP contribution in [0.3, 0.4) is 0 Å². The summed E-state index contributed by atoms with van der Waals surface area (Å²) in [6.45, 7) is 0. The first-order valence-corrected chi connectivity index (χ1v) is 7.02. The molecule has 0 bridgehead atoms. The molecule has 0 unspecified atom stereocenters. The van der Waals surface area contributed by atoms with Crippen molar-refractivity contribution in [3.05, 3.63) is 11.5 Å². The Bertz CT molecular complexity index is 549. The van der Waals surface area contributed by atoms with Crippen molar-refractivity contribution >= 4 is 40.5 Å². The van der Waals surface area contributed by atoms with E-state index in [0.29, 0.717) is 17.5 Å². The molecule has 3 rings (SSSR count). The van der Waals surface area contributed by atoms with Gasteiger partial charge in [0.05, 0.1) is 6.20 Å². The van der Waals surface area contributed by atoms with Gasteiger partial charge in [-0.2, -0.15) is 16.7 Å². The summed E-state index contributed by atoms with van der Waals surface area (Å²) in [6, 6.07) is 0.382. The van der Waals surface area contributed by atoms with E-state index in [2.05, 4.69) is 15.0 Å². The van der Waals surface area contributed by atoms with E-state index >= 15 is 0 Å². The van der Waals surface area contributed by atoms with Gasteiger partial charge in [-0.3, -0.25) is 4.57 Å². The van der Waals surface area contributed by atoms with Crippen molar-refractivity contribution in [2.75, 3.05) is 17.2 Å². The highest BCUT2D eigenvalue weighted by Crippen LogP contribution is 2.31. The van der Waals surface area contributed by atoms with Crippen LogP contribution in [0, 0.1) is 0 Å². The van der Waals surface area contributed by atoms with E-state index in [9.17, 15) is 0 Å². The van der Waals surface area contributed by atoms with Crippen LogP contribution < -0.4 is 5.73 Å². The van der Waals surface area contributed by atoms with Gasteiger partial charge in [0, 0.05) is 6.04 Å². The Kier molecular flexibility index (Phi) is 2.84. The molecule has 5 nitrogen and oxygen atoms in total. The Balaban J connectivity index is 2.13. The molecule has 0 spiro atoms. The largest absolute Gasteiger partial charge is 0.369 e. The number of rotatable bonds is 1. The minimum Gasteiger partial charge on any atom is -0.369 e. The Morgan fingerprint density at radius 2 is 2.12 bits per heavy atom. The van der Waals surface area contributed by atoms with Crippen LogP contribution in [0.2, 0.25) is 5.28 Å². The summed E-state index contributed by atoms with van der Waals surface area (Å²) in [4.78, 5) is 12.4. The Morgan fingerprint density at radius 1 is 1.35 bits per heavy atom. The van der Waals surface area contributed by atoms with Crippen LogP contribution in [0.4, 0.5) is 5.95 Å². The maximum Gasteiger partial charge on any atom is 0.224 e. The predicted molar refractivity (Wildman–Crippen MR) is 70.3 cm³/mol. The average molecular weight is 270 g/mol. The lowest BCUT2D eigenvalue weighted by Crippen LogP contribution is -2.17. The van der Waals surface area contributed by atoms with Crippen LogP contribution >= 0.6 is 23.4 Å². The minimum atomic E-state index is 0.240. The molecule has 3 heterocycles. The van der Waals surface area contributed by atoms with Crippen LogP contribution in [-0.2, 0) is 0 Å². The third-order valence-electron chi connectivity index (χ3n) is 2.99. The lowest BCUT2D eigenvalue weighted by atomic mass is 10.1. The van der Waals surface area contributed by atoms with Gasteiger partial charge >= 0.3 is 0 Å². The zero-order valence-electron chi connectivity index (χ0n) is 9.14. The summed E-state index contributed by atoms with van der Waals surface area (Å²) >= 11 is 7.81. The van der Waals surface area contributed by atoms with Crippen molar-refractivity contribution in [1.29, 1.82) is 0 Å². The van der Waals surface area contributed by atoms with Crippen LogP contribution in [0.15, 0.2) is 6.20 Å². The van der Waals surface area contributed by atoms with E-state index in [1.54, 1.807) is 6.20 Å². The van der Waals surface area contributed by atoms with Gasteiger partial charge in [0.25, 0.3) is 0 Å². The van der Waals surface area contributed by atoms with Crippen molar-refractivity contribution in [2.24, 2.45) is 0 Å². The van der Waals surface area contributed by atoms with E-state index in [-0.39, 0.29) is 5.28 Å². The molecule has 0 atom stereocenters. The molecule has 0 saturated carbocycles. The number of hydrogen-bond donors (Lipinski definition) is 1. The molecule has 1 aliphatic heterocycles. The quantitative estimate of drug-likeness (QED) is 0.803. The first-order chi connectivity index (χ1) is 8.25. The summed E-state index contributed by atoms with van der Waals surface area (Å²) in [5.74, 6) is 2.82. The molecule has 2 aromatic heterocycles. The van der Waals surface area contributed by atoms with Crippen molar-refractivity contribution in [2.45, 2.75) is 18.9 Å². The maximum absolute atomic E-state index is 5.97. The number of nitrogen functional groups attached to an aromatic ring is 1. The summed E-state index contributed by atoms with van der Waals surface area (Å²) in [5.41, 5.74) is 7.43. The fraction of sp³-hybridized carbons (Fsp3) is 0.500. The van der Waals surface area contributed by atoms with Gasteiger partial charge in [0.2, 0.25) is 11.2 Å². The van der Waals surface area contributed by atoms with E-state index in [1.807, 2.05) is 16.3 Å². The Hall–Kier alpha value is -1.01. The van der Waals surface area contributed by atoms with E-state index in [1.165, 1.54) is 0 Å². The number of nitrogens with two attached hydrogens (primary N) is 1. The highest BCUT2D eigenvalue weighted by Gasteiger charge is 2.21. The smallest absolute Gasteiger partial charge is 0.224 e. The van der Waals surface area contributed by atoms with Crippen LogP contribution in [0.1, 0.15) is 18.9 Å². The standard InChI is InChI=1S/C10H12ClN5S/c11-9-13-5-7-8(15-9)16(10(12)14-7)6-1-3-17-4-2-6/h5-6H,1-4H2,(H2,12,14). The lowest BCUT2D eigenvalue weighted by Gasteiger charge is -2.23. The molecule has 0 amide bonds. The van der Waals surface area contributed by atoms with Crippen molar-refractivity contribution in [3.8, 4) is 0 Å². The zero-order valence-corrected chi connectivity index (χ0v) is 10.7. The normalized spacial score (nSPS) is 17.7. The molecule has 1 aliphatic rings. The molecule has 2 aromatic rings. The van der Waals surface area contributed by atoms with Crippen LogP contribution in [0.25, 0.3) is 11.2 Å². The molecule has 0 radical (unpaired) electrons. The number of hydrogen-bond acceptors (Lipinski definition) is 5. The molecule has 2 N–H and O–H groups in total. The number of thioether (sulfide) groups is 1. The highest BCUT2D eigenvalue weighted by atomic mass is 35.5. The van der Waals surface area contributed by atoms with Gasteiger partial charge in [-0.25, -0.2) is 9.97 Å². The number of anilines is 1. The van der Waals surface area contributed by atoms with E-state index in [4.69, 9.17) is 17.3 Å². The maximum atomic E-state index is 5.97. The Morgan fingerprint density at radius 3 is 2.88 bits per heavy atom. The highest BCUT2D eigenvalue weighted by molar-refractivity contribution is 7.99. The molecule has 90 valence electrons. The first kappa shape index (κ1) is 11.1. The third-order valence-corrected chi connectivity index (χ3v) is 4.22. The summed E-state index contributed by atoms with van der Waals surface area (Å²) in [5, 5.41) is 0.240. The number of imidazole rings is 1. The minimum absolute atomic E-state index is 0.240. The van der Waals surface area contributed by atoms with Crippen molar-refractivity contribution in [3.63, 3.8) is 0 Å². The molecular weight excluding hydrogens is 258 g/mol. The lowest BCUT2D eigenvalue weighted by molar-refractivity contribution is 0.484. The first-order valence-electron chi connectivity index (χ1n) is 5.49. The molecule has 1 saturated heterocycles. The van der Waals surface area contributed by atoms with Crippen LogP contribution in [0.5, 0.6) is 0 Å². The predicted octanol–water partition coefficient (Wildman–Crippen LogP) is 2.13. The van der Waals surface area contributed by atoms with E-state index in [0.717, 1.165) is 30.0 Å². The summed E-state index contributed by atoms with van der Waals surface area (Å²) < 4.78 is 2.00. The van der Waals surface area contributed by atoms with Crippen molar-refractivity contribution in [1.82, 2.24) is 19.5 Å². The topological polar surface area (TPSA) is 69.6 Å². The molecule has 17 heavy (non-hydrogen) atoms. The second-order valence-electron chi connectivity index (χ2n) is 4.03. The number of aromatic nitrogens is 4. The van der Waals surface area contributed by atoms with Crippen molar-refractivity contribution < 1.29 is 0 Å². The second kappa shape index (κ2) is 4.34. The fourth-order valence-corrected chi connectivity index (χ4v) is 3.40. The molecular formula is C10H12ClN5S. The van der Waals surface area contributed by atoms with Gasteiger partial charge in [-0.15, -0.1) is 0 Å². The average Bonchev–Trinajstić information content (AvgIpc) is 2.65. The summed E-state index contributed by atoms with van der Waals surface area (Å²) in [7, 11) is 0. The monoisotopic (exact) mass is 269 g/mol. The molecule has 1 fully saturated rings. The van der Waals surface area contributed by atoms with E-state index < -0.39 is 0 Å². The van der Waals surface area contributed by atoms with Gasteiger partial charge in [0.1, 0.15) is 5.52 Å². The number of nitrogens with zero attached hydrogens (tertiary/aromatic N) is 4. The Labute approximate surface area is 108 Å². The van der Waals surface area contributed by atoms with Gasteiger partial charge < -0.3 is 5.73 Å². The zero-order chi connectivity index (χ0) is 11.8.